The van der Waals surface area contributed by atoms with Crippen molar-refractivity contribution in [3.63, 3.8) is 0 Å². The van der Waals surface area contributed by atoms with Crippen LogP contribution in [0, 0.1) is 0 Å². The highest BCUT2D eigenvalue weighted by Gasteiger charge is 2.42. The Labute approximate surface area is 172 Å². The Bertz CT molecular complexity index is 1220. The zero-order valence-electron chi connectivity index (χ0n) is 16.3. The summed E-state index contributed by atoms with van der Waals surface area (Å²) in [7, 11) is 0. The van der Waals surface area contributed by atoms with Gasteiger partial charge in [-0.15, -0.1) is 0 Å². The maximum Gasteiger partial charge on any atom is 0.275 e. The summed E-state index contributed by atoms with van der Waals surface area (Å²) in [5.41, 5.74) is 0.369. The molecule has 0 aliphatic carbocycles. The Balaban J connectivity index is 1.37. The van der Waals surface area contributed by atoms with Crippen LogP contribution in [0.25, 0.3) is 10.8 Å². The molecule has 1 aromatic heterocycles. The number of hydrogen-bond donors (Lipinski definition) is 2. The quantitative estimate of drug-likeness (QED) is 0.677. The standard InChI is InChI=1S/C22H21N5O3/c28-19(13-27-21(30)16-7-2-1-6-15(16)12-23-27)26-11-5-10-22(14-26)24-18-9-4-3-8-17(18)20(29)25-22/h1-4,6-9,12,24H,5,10-11,13-14H2,(H,25,29). The Morgan fingerprint density at radius 2 is 1.87 bits per heavy atom. The Hall–Kier alpha value is -3.68. The number of piperidine rings is 1. The van der Waals surface area contributed by atoms with E-state index in [2.05, 4.69) is 15.7 Å². The predicted molar refractivity (Wildman–Crippen MR) is 112 cm³/mol. The molecule has 5 rings (SSSR count). The molecule has 2 N–H and O–H groups in total. The van der Waals surface area contributed by atoms with Crippen LogP contribution in [-0.4, -0.2) is 45.2 Å². The van der Waals surface area contributed by atoms with Gasteiger partial charge in [0.25, 0.3) is 11.5 Å². The van der Waals surface area contributed by atoms with Gasteiger partial charge in [0.1, 0.15) is 12.2 Å². The van der Waals surface area contributed by atoms with Crippen LogP contribution in [0.3, 0.4) is 0 Å². The third-order valence-corrected chi connectivity index (χ3v) is 5.79. The van der Waals surface area contributed by atoms with Crippen molar-refractivity contribution in [2.24, 2.45) is 0 Å². The summed E-state index contributed by atoms with van der Waals surface area (Å²) in [6.45, 7) is 0.765. The highest BCUT2D eigenvalue weighted by Crippen LogP contribution is 2.30. The third-order valence-electron chi connectivity index (χ3n) is 5.79. The Kier molecular flexibility index (Phi) is 4.27. The lowest BCUT2D eigenvalue weighted by molar-refractivity contribution is -0.134. The number of rotatable bonds is 2. The molecule has 2 aliphatic rings. The summed E-state index contributed by atoms with van der Waals surface area (Å²) in [5.74, 6) is -0.347. The van der Waals surface area contributed by atoms with Gasteiger partial charge in [-0.1, -0.05) is 30.3 Å². The van der Waals surface area contributed by atoms with Crippen molar-refractivity contribution in [1.82, 2.24) is 20.0 Å². The number of nitrogens with one attached hydrogen (secondary N) is 2. The second-order valence-corrected chi connectivity index (χ2v) is 7.82. The van der Waals surface area contributed by atoms with Gasteiger partial charge in [-0.3, -0.25) is 14.4 Å². The van der Waals surface area contributed by atoms with Crippen molar-refractivity contribution in [3.05, 3.63) is 70.6 Å². The van der Waals surface area contributed by atoms with E-state index in [1.54, 1.807) is 29.3 Å². The molecule has 3 aromatic rings. The second kappa shape index (κ2) is 6.98. The number of carbonyl (C=O) groups is 2. The topological polar surface area (TPSA) is 96.3 Å². The van der Waals surface area contributed by atoms with Crippen LogP contribution in [0.5, 0.6) is 0 Å². The zero-order chi connectivity index (χ0) is 20.7. The maximum atomic E-state index is 13.0. The van der Waals surface area contributed by atoms with Crippen molar-refractivity contribution in [3.8, 4) is 0 Å². The SMILES string of the molecule is O=C1NC2(CCCN(C(=O)Cn3ncc4ccccc4c3=O)C2)Nc2ccccc21. The van der Waals surface area contributed by atoms with Crippen LogP contribution >= 0.6 is 0 Å². The highest BCUT2D eigenvalue weighted by atomic mass is 16.2. The average Bonchev–Trinajstić information content (AvgIpc) is 2.76. The molecule has 1 spiro atoms. The molecule has 1 fully saturated rings. The molecule has 0 saturated carbocycles. The summed E-state index contributed by atoms with van der Waals surface area (Å²) in [6, 6.07) is 14.5. The molecule has 2 amide bonds. The number of anilines is 1. The fourth-order valence-electron chi connectivity index (χ4n) is 4.30. The predicted octanol–water partition coefficient (Wildman–Crippen LogP) is 1.57. The van der Waals surface area contributed by atoms with E-state index < -0.39 is 5.66 Å². The van der Waals surface area contributed by atoms with Crippen molar-refractivity contribution in [1.29, 1.82) is 0 Å². The molecule has 3 heterocycles. The summed E-state index contributed by atoms with van der Waals surface area (Å²) < 4.78 is 1.20. The first kappa shape index (κ1) is 18.4. The van der Waals surface area contributed by atoms with Crippen molar-refractivity contribution in [2.75, 3.05) is 18.4 Å². The number of fused-ring (bicyclic) bond motifs is 2. The summed E-state index contributed by atoms with van der Waals surface area (Å²) >= 11 is 0. The number of amides is 2. The first-order chi connectivity index (χ1) is 14.5. The monoisotopic (exact) mass is 403 g/mol. The molecule has 2 aliphatic heterocycles. The van der Waals surface area contributed by atoms with E-state index in [1.165, 1.54) is 4.68 Å². The van der Waals surface area contributed by atoms with E-state index >= 15 is 0 Å². The van der Waals surface area contributed by atoms with Crippen LogP contribution in [0.4, 0.5) is 5.69 Å². The van der Waals surface area contributed by atoms with Crippen LogP contribution in [0.15, 0.2) is 59.5 Å². The van der Waals surface area contributed by atoms with Gasteiger partial charge >= 0.3 is 0 Å². The normalized spacial score (nSPS) is 20.5. The Morgan fingerprint density at radius 3 is 2.77 bits per heavy atom. The fourth-order valence-corrected chi connectivity index (χ4v) is 4.30. The number of likely N-dealkylation sites (tertiary alicyclic amines) is 1. The minimum absolute atomic E-state index is 0.135. The van der Waals surface area contributed by atoms with Crippen LogP contribution < -0.4 is 16.2 Å². The van der Waals surface area contributed by atoms with E-state index in [4.69, 9.17) is 0 Å². The molecule has 1 saturated heterocycles. The lowest BCUT2D eigenvalue weighted by atomic mass is 9.93. The Morgan fingerprint density at radius 1 is 1.07 bits per heavy atom. The lowest BCUT2D eigenvalue weighted by Gasteiger charge is -2.46. The van der Waals surface area contributed by atoms with Gasteiger partial charge in [0.05, 0.1) is 23.7 Å². The summed E-state index contributed by atoms with van der Waals surface area (Å²) in [4.78, 5) is 40.0. The molecule has 1 unspecified atom stereocenters. The molecular weight excluding hydrogens is 382 g/mol. The van der Waals surface area contributed by atoms with E-state index in [9.17, 15) is 14.4 Å². The van der Waals surface area contributed by atoms with E-state index in [0.29, 0.717) is 30.5 Å². The number of nitrogens with zero attached hydrogens (tertiary/aromatic N) is 3. The van der Waals surface area contributed by atoms with Crippen molar-refractivity contribution in [2.45, 2.75) is 25.0 Å². The molecule has 0 bridgehead atoms. The minimum atomic E-state index is -0.707. The first-order valence-electron chi connectivity index (χ1n) is 9.97. The van der Waals surface area contributed by atoms with Crippen molar-refractivity contribution < 1.29 is 9.59 Å². The van der Waals surface area contributed by atoms with Gasteiger partial charge in [-0.25, -0.2) is 4.68 Å². The van der Waals surface area contributed by atoms with E-state index in [1.807, 2.05) is 30.3 Å². The molecule has 0 radical (unpaired) electrons. The molecule has 8 heteroatoms. The third kappa shape index (κ3) is 3.10. The smallest absolute Gasteiger partial charge is 0.275 e. The summed E-state index contributed by atoms with van der Waals surface area (Å²) in [6.07, 6.45) is 3.05. The van der Waals surface area contributed by atoms with Crippen LogP contribution in [0.1, 0.15) is 23.2 Å². The second-order valence-electron chi connectivity index (χ2n) is 7.82. The summed E-state index contributed by atoms with van der Waals surface area (Å²) in [5, 5.41) is 11.9. The minimum Gasteiger partial charge on any atom is -0.361 e. The molecule has 2 aromatic carbocycles. The molecule has 8 nitrogen and oxygen atoms in total. The van der Waals surface area contributed by atoms with Gasteiger partial charge in [-0.05, 0) is 31.0 Å². The van der Waals surface area contributed by atoms with E-state index in [0.717, 1.165) is 17.5 Å². The van der Waals surface area contributed by atoms with Crippen LogP contribution in [-0.2, 0) is 11.3 Å². The highest BCUT2D eigenvalue weighted by molar-refractivity contribution is 6.02. The lowest BCUT2D eigenvalue weighted by Crippen LogP contribution is -2.66. The zero-order valence-corrected chi connectivity index (χ0v) is 16.3. The van der Waals surface area contributed by atoms with Gasteiger partial charge < -0.3 is 15.5 Å². The molecular formula is C22H21N5O3. The average molecular weight is 403 g/mol. The van der Waals surface area contributed by atoms with Crippen molar-refractivity contribution >= 4 is 28.3 Å². The largest absolute Gasteiger partial charge is 0.361 e. The number of para-hydroxylation sites is 1. The van der Waals surface area contributed by atoms with Gasteiger partial charge in [0, 0.05) is 17.6 Å². The van der Waals surface area contributed by atoms with Crippen LogP contribution in [0.2, 0.25) is 0 Å². The van der Waals surface area contributed by atoms with Gasteiger partial charge in [0.15, 0.2) is 0 Å². The fraction of sp³-hybridized carbons (Fsp3) is 0.273. The molecule has 30 heavy (non-hydrogen) atoms. The number of hydrogen-bond acceptors (Lipinski definition) is 5. The van der Waals surface area contributed by atoms with Gasteiger partial charge in [-0.2, -0.15) is 5.10 Å². The number of carbonyl (C=O) groups excluding carboxylic acids is 2. The van der Waals surface area contributed by atoms with E-state index in [-0.39, 0.29) is 23.9 Å². The van der Waals surface area contributed by atoms with Gasteiger partial charge in [0.2, 0.25) is 5.91 Å². The molecule has 1 atom stereocenters. The first-order valence-corrected chi connectivity index (χ1v) is 9.97. The number of aromatic nitrogens is 2. The number of benzene rings is 2. The molecule has 152 valence electrons. The maximum absolute atomic E-state index is 13.0.